The lowest BCUT2D eigenvalue weighted by Gasteiger charge is -2.29. The lowest BCUT2D eigenvalue weighted by molar-refractivity contribution is -0.0578. The van der Waals surface area contributed by atoms with Crippen LogP contribution >= 0.6 is 47.0 Å². The Labute approximate surface area is 838 Å². The van der Waals surface area contributed by atoms with Gasteiger partial charge in [0.25, 0.3) is 33.4 Å². The molecule has 7 unspecified atom stereocenters. The van der Waals surface area contributed by atoms with Crippen LogP contribution in [0.2, 0.25) is 0 Å². The number of H-pyrrole nitrogens is 6. The molecule has 71 heteroatoms. The van der Waals surface area contributed by atoms with Gasteiger partial charge in [-0.2, -0.15) is 0 Å². The van der Waals surface area contributed by atoms with Gasteiger partial charge in [0.15, 0.2) is 11.5 Å². The van der Waals surface area contributed by atoms with Gasteiger partial charge in [0.1, 0.15) is 92.1 Å². The van der Waals surface area contributed by atoms with Crippen molar-refractivity contribution >= 4 is 147 Å². The quantitative estimate of drug-likeness (QED) is 0.0223. The van der Waals surface area contributed by atoms with Gasteiger partial charge in [-0.3, -0.25) is 90.6 Å². The highest BCUT2D eigenvalue weighted by molar-refractivity contribution is 8.09. The molecule has 143 heavy (non-hydrogen) atoms. The first-order valence-electron chi connectivity index (χ1n) is 43.0. The molecule has 15 rings (SSSR count). The second-order valence-electron chi connectivity index (χ2n) is 33.7. The first-order valence-corrected chi connectivity index (χ1v) is 61.2. The van der Waals surface area contributed by atoms with Crippen molar-refractivity contribution in [3.8, 4) is 0 Å². The van der Waals surface area contributed by atoms with Crippen LogP contribution in [0.5, 0.6) is 0 Å². The Morgan fingerprint density at radius 2 is 0.517 bits per heavy atom. The van der Waals surface area contributed by atoms with E-state index in [1.54, 1.807) is 6.92 Å². The maximum Gasteiger partial charge on any atom is 0.330 e. The van der Waals surface area contributed by atoms with E-state index in [2.05, 4.69) is 44.9 Å². The van der Waals surface area contributed by atoms with Crippen LogP contribution in [0.15, 0.2) is 107 Å². The zero-order valence-electron chi connectivity index (χ0n) is 75.8. The minimum Gasteiger partial charge on any atom is -0.382 e. The van der Waals surface area contributed by atoms with Gasteiger partial charge in [-0.25, -0.2) is 43.7 Å². The fraction of sp³-hybridized carbons (Fsp3) is 0.597. The Morgan fingerprint density at radius 1 is 0.322 bits per heavy atom. The van der Waals surface area contributed by atoms with Gasteiger partial charge in [0.05, 0.1) is 94.8 Å². The summed E-state index contributed by atoms with van der Waals surface area (Å²) in [5.41, 5.74) is -2.81. The Hall–Kier alpha value is -6.14. The smallest absolute Gasteiger partial charge is 0.330 e. The third kappa shape index (κ3) is 26.9. The first kappa shape index (κ1) is 111. The Morgan fingerprint density at radius 3 is 0.727 bits per heavy atom. The fourth-order valence-corrected chi connectivity index (χ4v) is 26.3. The molecule has 57 nitrogen and oxygen atoms in total. The molecule has 7 aliphatic heterocycles. The minimum absolute atomic E-state index is 0.0229. The van der Waals surface area contributed by atoms with E-state index in [1.807, 2.05) is 0 Å². The highest BCUT2D eigenvalue weighted by Crippen LogP contribution is 2.59. The van der Waals surface area contributed by atoms with Crippen LogP contribution in [0.3, 0.4) is 0 Å². The largest absolute Gasteiger partial charge is 0.382 e. The van der Waals surface area contributed by atoms with Gasteiger partial charge in [-0.1, -0.05) is 6.92 Å². The van der Waals surface area contributed by atoms with E-state index in [0.29, 0.717) is 6.42 Å². The zero-order chi connectivity index (χ0) is 104. The van der Waals surface area contributed by atoms with E-state index >= 15 is 0 Å². The van der Waals surface area contributed by atoms with Gasteiger partial charge in [0.2, 0.25) is 0 Å². The van der Waals surface area contributed by atoms with Crippen molar-refractivity contribution in [1.82, 2.24) is 76.8 Å². The summed E-state index contributed by atoms with van der Waals surface area (Å²) in [5, 5.41) is 0. The first-order chi connectivity index (χ1) is 67.1. The Bertz CT molecular complexity index is 7320. The molecule has 0 spiro atoms. The molecule has 0 amide bonds. The van der Waals surface area contributed by atoms with Crippen molar-refractivity contribution in [3.05, 3.63) is 208 Å². The highest BCUT2D eigenvalue weighted by atomic mass is 32.5. The van der Waals surface area contributed by atoms with E-state index in [1.165, 1.54) is 77.2 Å². The molecule has 15 N–H and O–H groups in total. The topological polar surface area (TPSA) is 734 Å². The second kappa shape index (κ2) is 44.8. The minimum atomic E-state index is -4.79. The van der Waals surface area contributed by atoms with Crippen molar-refractivity contribution < 1.29 is 131 Å². The monoisotopic (exact) mass is 2280 g/mol. The predicted molar refractivity (Wildman–Crippen MR) is 518 cm³/mol. The molecule has 8 aromatic heterocycles. The van der Waals surface area contributed by atoms with Crippen LogP contribution in [-0.4, -0.2) is 243 Å². The van der Waals surface area contributed by atoms with Crippen LogP contribution in [0.1, 0.15) is 135 Å². The summed E-state index contributed by atoms with van der Waals surface area (Å²) in [7, 11) is 1.09. The van der Waals surface area contributed by atoms with Crippen LogP contribution < -0.4 is 73.2 Å². The summed E-state index contributed by atoms with van der Waals surface area (Å²) >= 11 is 38.7. The third-order valence-electron chi connectivity index (χ3n) is 23.6. The molecule has 0 radical (unpaired) electrons. The van der Waals surface area contributed by atoms with E-state index in [9.17, 15) is 91.8 Å². The average molecular weight is 2280 g/mol. The fourth-order valence-electron chi connectivity index (χ4n) is 16.4. The van der Waals surface area contributed by atoms with Crippen LogP contribution in [0, 0.1) is 41.5 Å². The lowest BCUT2D eigenvalue weighted by Crippen LogP contribution is -2.33. The SMILES string of the molecule is CC[C@H]1O[C@@H](n2cc(C)c(=O)[nH]c2=O)C[C@H]1OP(O)(=S)OC[C@H]1O[C@@H](n2cc(C)c(=O)[nH]c2=O)C[C@H]1OP(O)(=S)OC[C@H]1O[C@@H](n2cc(C)c(=O)[nH]c2=O)C[C@H]1OP(O)(=S)OC[C@H]1O[C@@H](n2cc(C)c(=O)[nH]c2=O)C[C@H]1OP(O)(=S)OC[C@H]1O[C@@H](n2cnc3c(N)ncnc32)C[C@H]1OP(O)(=S)OC[C@H]1O[C@@H](n2cc(C)c(=O)[nH]c2=O)C[C@H]1OP(O)(=S)OC[C@H]1O[C@@H](n2cc(C)c(=O)[nH]c2=O)C[C@H]1OP(O)(=S)OC. The van der Waals surface area contributed by atoms with E-state index in [0.717, 1.165) is 53.2 Å². The number of rotatable bonds is 41. The zero-order valence-corrected chi connectivity index (χ0v) is 87.8. The number of hydrogen-bond acceptors (Lipinski definition) is 44. The Balaban J connectivity index is 0.636. The summed E-state index contributed by atoms with van der Waals surface area (Å²) < 4.78 is 135. The van der Waals surface area contributed by atoms with Crippen molar-refractivity contribution in [2.75, 3.05) is 52.5 Å². The number of nitrogen functional groups attached to an aromatic ring is 1. The molecule has 786 valence electrons. The van der Waals surface area contributed by atoms with Gasteiger partial charge < -0.3 is 136 Å². The van der Waals surface area contributed by atoms with Crippen molar-refractivity contribution in [2.24, 2.45) is 0 Å². The van der Waals surface area contributed by atoms with Gasteiger partial charge in [-0.15, -0.1) is 0 Å². The molecule has 15 heterocycles. The number of anilines is 1. The maximum absolute atomic E-state index is 13.6. The lowest BCUT2D eigenvalue weighted by atomic mass is 10.1. The number of nitrogens with zero attached hydrogens (tertiary/aromatic N) is 10. The molecule has 7 saturated heterocycles. The van der Waals surface area contributed by atoms with E-state index in [4.69, 9.17) is 185 Å². The molecular formula is C72H96N17O40P7S7. The summed E-state index contributed by atoms with van der Waals surface area (Å²) in [6, 6.07) is 0. The number of fused-ring (bicyclic) bond motifs is 1. The number of nitrogens with two attached hydrogens (primary N) is 1. The summed E-state index contributed by atoms with van der Waals surface area (Å²) in [5.74, 6) is -0.0336. The third-order valence-corrected chi connectivity index (χ3v) is 34.8. The molecule has 7 aliphatic rings. The highest BCUT2D eigenvalue weighted by Gasteiger charge is 2.52. The second-order valence-corrected chi connectivity index (χ2v) is 53.3. The summed E-state index contributed by atoms with van der Waals surface area (Å²) in [6.45, 7) is -26.3. The van der Waals surface area contributed by atoms with Crippen molar-refractivity contribution in [1.29, 1.82) is 0 Å². The van der Waals surface area contributed by atoms with Crippen LogP contribution in [0.25, 0.3) is 11.2 Å². The van der Waals surface area contributed by atoms with Crippen molar-refractivity contribution in [3.63, 3.8) is 0 Å². The average Bonchev–Trinajstić information content (AvgIpc) is 1.62. The molecule has 8 aromatic rings. The normalized spacial score (nSPS) is 29.7. The standard InChI is InChI=1S/C72H96N17O40P7S7/c1-9-37-38(10-51(116-37)83-17-31(2)61(90)77-67(83)96)124-131(103,138)110-24-46-40(12-53(118-46)85-19-33(4)63(92)79-69(85)98)126-133(105,140)112-25-47-42(14-55(119-47)87-21-35(6)65(94)81-71(87)100)127-134(106,141)113-26-48-43(15-56(120-48)88-22-36(7)66(95)82-72(88)101)128-135(107,142)115-28-50-44(16-57(122-50)89-30-76-58-59(73)74-29-75-60(58)89)129-136(108,143)114-27-49-41(13-54(121-49)86-20-34(5)64(93)80-70(86)99)125-132(104,139)111-23-45-39(123-130(102,137)109-8)11-52(117-45)84-18-32(3)62(91)78-68(84)97/h17-22,29-30,37-57H,9-16,23-28H2,1-8H3,(H,102,137)(H,103,138)(H,104,139)(H,105,140)(H,106,141)(H,107,142)(H,108,143)(H2,73,74,75)(H,77,90,96)(H,78,91,97)(H,79,92,98)(H,80,93,99)(H,81,94,100)(H,82,95,101)/t37-,38-,39-,40-,41-,42-,43-,44-,45-,46-,47-,48-,49-,50-,51-,52-,53-,54-,55-,56-,57-,130?,131?,132?,133?,134?,135?,136?/m1/s1. The summed E-state index contributed by atoms with van der Waals surface area (Å²) in [6.07, 6.45) is -20.0. The number of nitrogens with one attached hydrogen (secondary N) is 6. The van der Waals surface area contributed by atoms with Gasteiger partial charge >= 0.3 is 81.2 Å². The predicted octanol–water partition coefficient (Wildman–Crippen LogP) is -0.0573. The molecule has 28 atom stereocenters. The number of ether oxygens (including phenoxy) is 7. The molecular weight excluding hydrogens is 2180 g/mol. The number of hydrogen-bond donors (Lipinski definition) is 14. The maximum atomic E-state index is 13.6. The Kier molecular flexibility index (Phi) is 34.8. The van der Waals surface area contributed by atoms with Crippen LogP contribution in [-0.2, 0) is 179 Å². The number of imidazole rings is 1. The number of aromatic amines is 6. The van der Waals surface area contributed by atoms with Crippen LogP contribution in [0.4, 0.5) is 5.82 Å². The molecule has 0 aliphatic carbocycles. The molecule has 7 fully saturated rings. The summed E-state index contributed by atoms with van der Waals surface area (Å²) in [4.78, 5) is 264. The number of aryl methyl sites for hydroxylation is 6. The molecule has 0 aromatic carbocycles. The van der Waals surface area contributed by atoms with E-state index < -0.39 is 296 Å². The van der Waals surface area contributed by atoms with Crippen molar-refractivity contribution in [2.45, 2.75) is 229 Å². The molecule has 0 bridgehead atoms. The van der Waals surface area contributed by atoms with Gasteiger partial charge in [0, 0.05) is 123 Å². The van der Waals surface area contributed by atoms with Gasteiger partial charge in [-0.05, 0) is 131 Å². The van der Waals surface area contributed by atoms with E-state index in [-0.39, 0.29) is 82.5 Å². The number of aromatic nitrogens is 16. The molecule has 0 saturated carbocycles.